The second-order valence-corrected chi connectivity index (χ2v) is 8.42. The summed E-state index contributed by atoms with van der Waals surface area (Å²) in [5, 5.41) is 10.8. The minimum absolute atomic E-state index is 0.0267. The zero-order chi connectivity index (χ0) is 21.1. The van der Waals surface area contributed by atoms with Gasteiger partial charge in [0.15, 0.2) is 0 Å². The Morgan fingerprint density at radius 1 is 1.14 bits per heavy atom. The van der Waals surface area contributed by atoms with E-state index in [1.54, 1.807) is 0 Å². The van der Waals surface area contributed by atoms with Gasteiger partial charge >= 0.3 is 5.97 Å². The van der Waals surface area contributed by atoms with Crippen LogP contribution < -0.4 is 5.32 Å². The molecule has 0 bridgehead atoms. The van der Waals surface area contributed by atoms with Crippen molar-refractivity contribution in [3.8, 4) is 0 Å². The quantitative estimate of drug-likeness (QED) is 0.469. The number of hydrogen-bond donors (Lipinski definition) is 2. The third-order valence-electron chi connectivity index (χ3n) is 4.90. The van der Waals surface area contributed by atoms with Gasteiger partial charge in [0.25, 0.3) is 11.8 Å². The van der Waals surface area contributed by atoms with Gasteiger partial charge in [-0.2, -0.15) is 0 Å². The molecule has 1 aromatic carbocycles. The van der Waals surface area contributed by atoms with Gasteiger partial charge < -0.3 is 5.11 Å². The van der Waals surface area contributed by atoms with Gasteiger partial charge in [-0.1, -0.05) is 12.5 Å². The first-order valence-electron chi connectivity index (χ1n) is 9.26. The summed E-state index contributed by atoms with van der Waals surface area (Å²) in [5.74, 6) is -3.13. The number of benzene rings is 1. The molecule has 9 nitrogen and oxygen atoms in total. The van der Waals surface area contributed by atoms with E-state index in [1.165, 1.54) is 18.2 Å². The van der Waals surface area contributed by atoms with Crippen molar-refractivity contribution in [1.82, 2.24) is 10.2 Å². The molecule has 2 aliphatic heterocycles. The van der Waals surface area contributed by atoms with E-state index >= 15 is 0 Å². The van der Waals surface area contributed by atoms with Crippen molar-refractivity contribution >= 4 is 40.4 Å². The van der Waals surface area contributed by atoms with E-state index in [4.69, 9.17) is 5.11 Å². The molecule has 2 heterocycles. The van der Waals surface area contributed by atoms with Crippen LogP contribution in [-0.4, -0.2) is 55.6 Å². The van der Waals surface area contributed by atoms with Crippen LogP contribution in [0.2, 0.25) is 0 Å². The Morgan fingerprint density at radius 3 is 2.59 bits per heavy atom. The molecule has 2 unspecified atom stereocenters. The third-order valence-corrected chi connectivity index (χ3v) is 6.39. The van der Waals surface area contributed by atoms with Crippen molar-refractivity contribution in [1.29, 1.82) is 0 Å². The molecule has 4 amide bonds. The van der Waals surface area contributed by atoms with Crippen molar-refractivity contribution in [3.05, 3.63) is 29.3 Å². The lowest BCUT2D eigenvalue weighted by Crippen LogP contribution is -2.54. The Kier molecular flexibility index (Phi) is 6.21. The lowest BCUT2D eigenvalue weighted by atomic mass is 10.0. The van der Waals surface area contributed by atoms with Gasteiger partial charge in [-0.15, -0.1) is 0 Å². The lowest BCUT2D eigenvalue weighted by molar-refractivity contribution is -0.138. The second kappa shape index (κ2) is 8.64. The normalized spacial score (nSPS) is 19.9. The smallest absolute Gasteiger partial charge is 0.303 e. The van der Waals surface area contributed by atoms with Crippen molar-refractivity contribution in [3.63, 3.8) is 0 Å². The zero-order valence-electron chi connectivity index (χ0n) is 15.5. The third kappa shape index (κ3) is 4.26. The number of carboxylic acid groups (broad SMARTS) is 1. The first-order valence-corrected chi connectivity index (χ1v) is 10.6. The molecule has 29 heavy (non-hydrogen) atoms. The maximum atomic E-state index is 13.0. The minimum atomic E-state index is -1.55. The molecule has 1 fully saturated rings. The molecule has 0 aromatic heterocycles. The molecule has 0 radical (unpaired) electrons. The molecule has 0 saturated carbocycles. The summed E-state index contributed by atoms with van der Waals surface area (Å²) in [5.41, 5.74) is 0.127. The predicted octanol–water partition coefficient (Wildman–Crippen LogP) is 0.840. The number of carboxylic acids is 1. The maximum Gasteiger partial charge on any atom is 0.303 e. The average molecular weight is 420 g/mol. The Bertz CT molecular complexity index is 927. The monoisotopic (exact) mass is 420 g/mol. The molecule has 1 aromatic rings. The Morgan fingerprint density at radius 2 is 1.90 bits per heavy atom. The van der Waals surface area contributed by atoms with E-state index in [9.17, 15) is 28.2 Å². The van der Waals surface area contributed by atoms with Gasteiger partial charge in [-0.25, -0.2) is 0 Å². The highest BCUT2D eigenvalue weighted by Gasteiger charge is 2.45. The van der Waals surface area contributed by atoms with E-state index < -0.39 is 46.4 Å². The highest BCUT2D eigenvalue weighted by molar-refractivity contribution is 7.85. The fourth-order valence-corrected chi connectivity index (χ4v) is 4.81. The standard InChI is InChI=1S/C19H20N2O7S/c22-14-9-8-12(17(25)20-14)21-18(26)11-5-4-6-13(16(11)19(21)27)29(28)10-3-1-2-7-15(23)24/h4-6,12H,1-3,7-10H2,(H,23,24)(H,20,22,25). The number of piperidine rings is 1. The molecule has 0 spiro atoms. The minimum Gasteiger partial charge on any atom is -0.481 e. The van der Waals surface area contributed by atoms with Crippen molar-refractivity contribution in [2.75, 3.05) is 5.75 Å². The number of rotatable bonds is 8. The number of imide groups is 2. The first kappa shape index (κ1) is 20.8. The molecule has 3 rings (SSSR count). The van der Waals surface area contributed by atoms with Gasteiger partial charge in [-0.3, -0.25) is 38.4 Å². The van der Waals surface area contributed by atoms with Gasteiger partial charge in [0.1, 0.15) is 6.04 Å². The van der Waals surface area contributed by atoms with Gasteiger partial charge in [0.05, 0.1) is 26.8 Å². The van der Waals surface area contributed by atoms with Gasteiger partial charge in [-0.05, 0) is 31.4 Å². The summed E-state index contributed by atoms with van der Waals surface area (Å²) in [4.78, 5) is 60.8. The molecule has 2 aliphatic rings. The number of carbonyl (C=O) groups excluding carboxylic acids is 4. The van der Waals surface area contributed by atoms with Crippen LogP contribution >= 0.6 is 0 Å². The van der Waals surface area contributed by atoms with Crippen LogP contribution in [0.4, 0.5) is 0 Å². The number of unbranched alkanes of at least 4 members (excludes halogenated alkanes) is 2. The summed E-state index contributed by atoms with van der Waals surface area (Å²) < 4.78 is 12.7. The fraction of sp³-hybridized carbons (Fsp3) is 0.421. The largest absolute Gasteiger partial charge is 0.481 e. The summed E-state index contributed by atoms with van der Waals surface area (Å²) in [6.07, 6.45) is 1.70. The van der Waals surface area contributed by atoms with Crippen LogP contribution in [-0.2, 0) is 25.2 Å². The SMILES string of the molecule is O=C(O)CCCCCS(=O)c1cccc2c1C(=O)N(C1CCC(=O)NC1=O)C2=O. The zero-order valence-corrected chi connectivity index (χ0v) is 16.3. The number of nitrogens with zero attached hydrogens (tertiary/aromatic N) is 1. The fourth-order valence-electron chi connectivity index (χ4n) is 3.47. The van der Waals surface area contributed by atoms with Crippen molar-refractivity contribution in [2.45, 2.75) is 49.5 Å². The van der Waals surface area contributed by atoms with E-state index in [1.807, 2.05) is 0 Å². The number of amides is 4. The Labute approximate surface area is 168 Å². The van der Waals surface area contributed by atoms with Crippen molar-refractivity contribution < 1.29 is 33.3 Å². The van der Waals surface area contributed by atoms with Crippen LogP contribution in [0.15, 0.2) is 23.1 Å². The summed E-state index contributed by atoms with van der Waals surface area (Å²) in [6, 6.07) is 3.44. The number of fused-ring (bicyclic) bond motifs is 1. The molecule has 2 atom stereocenters. The van der Waals surface area contributed by atoms with Crippen LogP contribution in [0.5, 0.6) is 0 Å². The predicted molar refractivity (Wildman–Crippen MR) is 100 cm³/mol. The molecular formula is C19H20N2O7S. The van der Waals surface area contributed by atoms with Crippen LogP contribution in [0.25, 0.3) is 0 Å². The van der Waals surface area contributed by atoms with Crippen molar-refractivity contribution in [2.24, 2.45) is 0 Å². The molecule has 0 aliphatic carbocycles. The number of hydrogen-bond acceptors (Lipinski definition) is 6. The topological polar surface area (TPSA) is 138 Å². The van der Waals surface area contributed by atoms with E-state index in [0.717, 1.165) is 4.90 Å². The highest BCUT2D eigenvalue weighted by atomic mass is 32.2. The number of aliphatic carboxylic acids is 1. The summed E-state index contributed by atoms with van der Waals surface area (Å²) in [6.45, 7) is 0. The van der Waals surface area contributed by atoms with Crippen LogP contribution in [0, 0.1) is 0 Å². The summed E-state index contributed by atoms with van der Waals surface area (Å²) >= 11 is 0. The van der Waals surface area contributed by atoms with Gasteiger partial charge in [0, 0.05) is 18.6 Å². The molecule has 154 valence electrons. The van der Waals surface area contributed by atoms with Crippen LogP contribution in [0.1, 0.15) is 59.2 Å². The highest BCUT2D eigenvalue weighted by Crippen LogP contribution is 2.31. The van der Waals surface area contributed by atoms with E-state index in [0.29, 0.717) is 19.3 Å². The Hall–Kier alpha value is -2.88. The lowest BCUT2D eigenvalue weighted by Gasteiger charge is -2.27. The van der Waals surface area contributed by atoms with E-state index in [-0.39, 0.29) is 41.0 Å². The average Bonchev–Trinajstić information content (AvgIpc) is 2.92. The molecule has 10 heteroatoms. The Balaban J connectivity index is 1.76. The summed E-state index contributed by atoms with van der Waals surface area (Å²) in [7, 11) is -1.55. The molecule has 1 saturated heterocycles. The van der Waals surface area contributed by atoms with Gasteiger partial charge in [0.2, 0.25) is 11.8 Å². The molecule has 2 N–H and O–H groups in total. The second-order valence-electron chi connectivity index (χ2n) is 6.88. The van der Waals surface area contributed by atoms with Crippen LogP contribution in [0.3, 0.4) is 0 Å². The maximum absolute atomic E-state index is 13.0. The number of carbonyl (C=O) groups is 5. The number of nitrogens with one attached hydrogen (secondary N) is 1. The first-order chi connectivity index (χ1) is 13.8. The molecular weight excluding hydrogens is 400 g/mol. The van der Waals surface area contributed by atoms with E-state index in [2.05, 4.69) is 5.32 Å².